The molecule has 0 spiro atoms. The third-order valence-electron chi connectivity index (χ3n) is 2.89. The molecule has 0 aliphatic rings. The molecule has 0 radical (unpaired) electrons. The van der Waals surface area contributed by atoms with Crippen LogP contribution in [0.4, 0.5) is 0 Å². The molecule has 106 valence electrons. The van der Waals surface area contributed by atoms with E-state index >= 15 is 0 Å². The first kappa shape index (κ1) is 13.8. The summed E-state index contributed by atoms with van der Waals surface area (Å²) in [5.74, 6) is 1.76. The minimum absolute atomic E-state index is 0.478. The fourth-order valence-corrected chi connectivity index (χ4v) is 2.36. The maximum absolute atomic E-state index is 5.75. The molecule has 0 fully saturated rings. The van der Waals surface area contributed by atoms with Gasteiger partial charge in [-0.1, -0.05) is 28.1 Å². The van der Waals surface area contributed by atoms with Crippen molar-refractivity contribution in [1.82, 2.24) is 10.2 Å². The van der Waals surface area contributed by atoms with Crippen LogP contribution in [0.3, 0.4) is 0 Å². The topological polar surface area (TPSA) is 48.2 Å². The summed E-state index contributed by atoms with van der Waals surface area (Å²) in [4.78, 5) is 0. The summed E-state index contributed by atoms with van der Waals surface area (Å²) >= 11 is 3.43. The first-order valence-electron chi connectivity index (χ1n) is 6.59. The van der Waals surface area contributed by atoms with Crippen molar-refractivity contribution in [2.45, 2.75) is 6.92 Å². The van der Waals surface area contributed by atoms with Crippen LogP contribution in [0.15, 0.2) is 57.4 Å². The van der Waals surface area contributed by atoms with Gasteiger partial charge >= 0.3 is 0 Å². The average molecular weight is 345 g/mol. The zero-order valence-corrected chi connectivity index (χ0v) is 13.0. The van der Waals surface area contributed by atoms with Crippen molar-refractivity contribution in [2.24, 2.45) is 0 Å². The van der Waals surface area contributed by atoms with E-state index in [2.05, 4.69) is 26.1 Å². The molecule has 21 heavy (non-hydrogen) atoms. The molecule has 0 aliphatic heterocycles. The number of halogens is 1. The molecule has 0 N–H and O–H groups in total. The van der Waals surface area contributed by atoms with Crippen LogP contribution in [0.2, 0.25) is 0 Å². The van der Waals surface area contributed by atoms with Gasteiger partial charge in [-0.05, 0) is 43.3 Å². The van der Waals surface area contributed by atoms with Gasteiger partial charge in [0.2, 0.25) is 11.8 Å². The zero-order valence-electron chi connectivity index (χ0n) is 11.4. The Hall–Kier alpha value is -2.14. The summed E-state index contributed by atoms with van der Waals surface area (Å²) in [6, 6.07) is 15.4. The third kappa shape index (κ3) is 3.13. The second kappa shape index (κ2) is 6.10. The van der Waals surface area contributed by atoms with Crippen LogP contribution in [0.1, 0.15) is 6.92 Å². The lowest BCUT2D eigenvalue weighted by Gasteiger charge is -2.03. The summed E-state index contributed by atoms with van der Waals surface area (Å²) in [6.45, 7) is 2.57. The second-order valence-electron chi connectivity index (χ2n) is 4.38. The van der Waals surface area contributed by atoms with Crippen molar-refractivity contribution in [3.05, 3.63) is 53.0 Å². The van der Waals surface area contributed by atoms with E-state index in [4.69, 9.17) is 9.15 Å². The van der Waals surface area contributed by atoms with Crippen LogP contribution in [-0.4, -0.2) is 16.8 Å². The van der Waals surface area contributed by atoms with E-state index in [-0.39, 0.29) is 0 Å². The summed E-state index contributed by atoms with van der Waals surface area (Å²) in [7, 11) is 0. The molecule has 4 nitrogen and oxygen atoms in total. The maximum atomic E-state index is 5.75. The molecule has 0 saturated heterocycles. The average Bonchev–Trinajstić information content (AvgIpc) is 2.98. The first-order chi connectivity index (χ1) is 10.3. The molecule has 0 bridgehead atoms. The minimum Gasteiger partial charge on any atom is -0.494 e. The molecule has 0 saturated carbocycles. The van der Waals surface area contributed by atoms with Crippen molar-refractivity contribution in [3.8, 4) is 28.7 Å². The van der Waals surface area contributed by atoms with E-state index in [1.807, 2.05) is 55.5 Å². The Bertz CT molecular complexity index is 755. The van der Waals surface area contributed by atoms with Crippen LogP contribution in [0.5, 0.6) is 5.75 Å². The zero-order chi connectivity index (χ0) is 14.7. The lowest BCUT2D eigenvalue weighted by atomic mass is 10.2. The molecule has 0 aliphatic carbocycles. The predicted molar refractivity (Wildman–Crippen MR) is 84.0 cm³/mol. The van der Waals surface area contributed by atoms with E-state index in [0.29, 0.717) is 18.4 Å². The molecule has 1 heterocycles. The lowest BCUT2D eigenvalue weighted by molar-refractivity contribution is 0.340. The Morgan fingerprint density at radius 3 is 2.33 bits per heavy atom. The number of ether oxygens (including phenoxy) is 1. The summed E-state index contributed by atoms with van der Waals surface area (Å²) in [5, 5.41) is 8.21. The van der Waals surface area contributed by atoms with Gasteiger partial charge in [0.15, 0.2) is 0 Å². The Morgan fingerprint density at radius 2 is 1.67 bits per heavy atom. The van der Waals surface area contributed by atoms with Gasteiger partial charge in [0.1, 0.15) is 5.75 Å². The van der Waals surface area contributed by atoms with Gasteiger partial charge in [0.25, 0.3) is 0 Å². The van der Waals surface area contributed by atoms with Gasteiger partial charge < -0.3 is 9.15 Å². The van der Waals surface area contributed by atoms with Crippen molar-refractivity contribution in [3.63, 3.8) is 0 Å². The SMILES string of the molecule is CCOc1cccc(-c2nnc(-c3cccc(Br)c3)o2)c1. The van der Waals surface area contributed by atoms with E-state index in [1.165, 1.54) is 0 Å². The van der Waals surface area contributed by atoms with Gasteiger partial charge in [-0.3, -0.25) is 0 Å². The Labute approximate surface area is 130 Å². The highest BCUT2D eigenvalue weighted by atomic mass is 79.9. The fraction of sp³-hybridized carbons (Fsp3) is 0.125. The molecule has 0 amide bonds. The fourth-order valence-electron chi connectivity index (χ4n) is 1.96. The van der Waals surface area contributed by atoms with E-state index in [1.54, 1.807) is 0 Å². The van der Waals surface area contributed by atoms with Crippen LogP contribution >= 0.6 is 15.9 Å². The predicted octanol–water partition coefficient (Wildman–Crippen LogP) is 4.56. The second-order valence-corrected chi connectivity index (χ2v) is 5.30. The largest absolute Gasteiger partial charge is 0.494 e. The van der Waals surface area contributed by atoms with E-state index < -0.39 is 0 Å². The number of nitrogens with zero attached hydrogens (tertiary/aromatic N) is 2. The molecular formula is C16H13BrN2O2. The smallest absolute Gasteiger partial charge is 0.248 e. The highest BCUT2D eigenvalue weighted by Crippen LogP contribution is 2.27. The number of aromatic nitrogens is 2. The van der Waals surface area contributed by atoms with Gasteiger partial charge in [-0.2, -0.15) is 0 Å². The molecule has 3 aromatic rings. The van der Waals surface area contributed by atoms with Crippen LogP contribution in [0.25, 0.3) is 22.9 Å². The maximum Gasteiger partial charge on any atom is 0.248 e. The lowest BCUT2D eigenvalue weighted by Crippen LogP contribution is -1.91. The highest BCUT2D eigenvalue weighted by molar-refractivity contribution is 9.10. The normalized spacial score (nSPS) is 10.6. The molecule has 2 aromatic carbocycles. The van der Waals surface area contributed by atoms with Crippen LogP contribution in [-0.2, 0) is 0 Å². The van der Waals surface area contributed by atoms with Crippen molar-refractivity contribution >= 4 is 15.9 Å². The number of hydrogen-bond acceptors (Lipinski definition) is 4. The standard InChI is InChI=1S/C16H13BrN2O2/c1-2-20-14-8-4-6-12(10-14)16-19-18-15(21-16)11-5-3-7-13(17)9-11/h3-10H,2H2,1H3. The summed E-state index contributed by atoms with van der Waals surface area (Å²) in [5.41, 5.74) is 1.72. The summed E-state index contributed by atoms with van der Waals surface area (Å²) < 4.78 is 12.2. The number of hydrogen-bond donors (Lipinski definition) is 0. The van der Waals surface area contributed by atoms with Crippen molar-refractivity contribution in [2.75, 3.05) is 6.61 Å². The van der Waals surface area contributed by atoms with Crippen molar-refractivity contribution in [1.29, 1.82) is 0 Å². The third-order valence-corrected chi connectivity index (χ3v) is 3.38. The molecule has 1 aromatic heterocycles. The quantitative estimate of drug-likeness (QED) is 0.695. The Balaban J connectivity index is 1.93. The van der Waals surface area contributed by atoms with Crippen molar-refractivity contribution < 1.29 is 9.15 Å². The first-order valence-corrected chi connectivity index (χ1v) is 7.38. The van der Waals surface area contributed by atoms with E-state index in [0.717, 1.165) is 21.3 Å². The molecule has 3 rings (SSSR count). The molecular weight excluding hydrogens is 332 g/mol. The van der Waals surface area contributed by atoms with Gasteiger partial charge in [-0.25, -0.2) is 0 Å². The summed E-state index contributed by atoms with van der Waals surface area (Å²) in [6.07, 6.45) is 0. The minimum atomic E-state index is 0.478. The van der Waals surface area contributed by atoms with E-state index in [9.17, 15) is 0 Å². The number of benzene rings is 2. The van der Waals surface area contributed by atoms with Gasteiger partial charge in [0, 0.05) is 15.6 Å². The van der Waals surface area contributed by atoms with Gasteiger partial charge in [0.05, 0.1) is 6.61 Å². The monoisotopic (exact) mass is 344 g/mol. The van der Waals surface area contributed by atoms with Crippen LogP contribution < -0.4 is 4.74 Å². The Morgan fingerprint density at radius 1 is 1.00 bits per heavy atom. The molecule has 0 atom stereocenters. The molecule has 5 heteroatoms. The number of rotatable bonds is 4. The van der Waals surface area contributed by atoms with Gasteiger partial charge in [-0.15, -0.1) is 10.2 Å². The highest BCUT2D eigenvalue weighted by Gasteiger charge is 2.11. The molecule has 0 unspecified atom stereocenters. The Kier molecular flexibility index (Phi) is 4.01. The van der Waals surface area contributed by atoms with Crippen LogP contribution in [0, 0.1) is 0 Å².